The quantitative estimate of drug-likeness (QED) is 0.392. The topological polar surface area (TPSA) is 12.9 Å². The summed E-state index contributed by atoms with van der Waals surface area (Å²) in [5.74, 6) is -5.54. The number of aromatic nitrogens is 1. The maximum Gasteiger partial charge on any atom is 0.458 e. The zero-order valence-electron chi connectivity index (χ0n) is 17.7. The number of alkyl halides is 8. The molecular weight excluding hydrogens is 418 g/mol. The summed E-state index contributed by atoms with van der Waals surface area (Å²) < 4.78 is 130. The van der Waals surface area contributed by atoms with Crippen LogP contribution in [0.25, 0.3) is 22.4 Å². The van der Waals surface area contributed by atoms with Crippen molar-refractivity contribution in [2.45, 2.75) is 25.1 Å². The summed E-state index contributed by atoms with van der Waals surface area (Å²) in [5, 5.41) is 0. The smallest absolute Gasteiger partial charge is 0.256 e. The highest BCUT2D eigenvalue weighted by Gasteiger charge is 2.59. The first kappa shape index (κ1) is 17.9. The second-order valence-corrected chi connectivity index (χ2v) is 6.31. The molecule has 1 nitrogen and oxygen atoms in total. The Hall–Kier alpha value is -2.97. The molecule has 0 atom stereocenters. The van der Waals surface area contributed by atoms with Crippen LogP contribution in [0.15, 0.2) is 60.8 Å². The molecule has 0 unspecified atom stereocenters. The number of aryl methyl sites for hydroxylation is 1. The van der Waals surface area contributed by atoms with E-state index >= 15 is 0 Å². The van der Waals surface area contributed by atoms with E-state index in [2.05, 4.69) is 4.98 Å². The van der Waals surface area contributed by atoms with E-state index < -0.39 is 47.5 Å². The van der Waals surface area contributed by atoms with E-state index in [1.165, 1.54) is 24.3 Å². The molecule has 0 N–H and O–H groups in total. The number of benzene rings is 2. The summed E-state index contributed by atoms with van der Waals surface area (Å²) >= 11 is 0. The van der Waals surface area contributed by atoms with Crippen molar-refractivity contribution in [3.63, 3.8) is 0 Å². The summed E-state index contributed by atoms with van der Waals surface area (Å²) in [7, 11) is 0. The van der Waals surface area contributed by atoms with Crippen molar-refractivity contribution < 1.29 is 39.2 Å². The molecule has 0 radical (unpaired) electrons. The van der Waals surface area contributed by atoms with E-state index in [1.807, 2.05) is 0 Å². The van der Waals surface area contributed by atoms with Gasteiger partial charge in [-0.3, -0.25) is 4.98 Å². The van der Waals surface area contributed by atoms with E-state index in [9.17, 15) is 35.1 Å². The van der Waals surface area contributed by atoms with E-state index in [-0.39, 0.29) is 22.8 Å². The molecule has 158 valence electrons. The Morgan fingerprint density at radius 1 is 0.767 bits per heavy atom. The molecule has 9 heteroatoms. The number of rotatable bonds is 3. The fraction of sp³-hybridized carbons (Fsp3) is 0.190. The molecule has 0 aliphatic rings. The van der Waals surface area contributed by atoms with E-state index in [0.717, 1.165) is 12.1 Å². The van der Waals surface area contributed by atoms with Crippen molar-refractivity contribution in [1.82, 2.24) is 4.98 Å². The van der Waals surface area contributed by atoms with Crippen LogP contribution in [0.3, 0.4) is 0 Å². The average molecular weight is 434 g/mol. The molecule has 0 amide bonds. The molecule has 0 fully saturated rings. The standard InChI is InChI=1S/C21H13F8N/c1-12-11-30-18(10-17(12)19(22,23)21(27,28)29)14-7-8-16(20(24,25)26)15(9-14)13-5-3-2-4-6-13/h2-11H,1H3/i1D3. The Bertz CT molecular complexity index is 1150. The van der Waals surface area contributed by atoms with Crippen LogP contribution in [0.1, 0.15) is 20.8 Å². The number of nitrogens with zero attached hydrogens (tertiary/aromatic N) is 1. The predicted molar refractivity (Wildman–Crippen MR) is 94.8 cm³/mol. The van der Waals surface area contributed by atoms with E-state index in [1.54, 1.807) is 6.07 Å². The van der Waals surface area contributed by atoms with Crippen LogP contribution in [0.5, 0.6) is 0 Å². The van der Waals surface area contributed by atoms with Crippen molar-refractivity contribution in [2.75, 3.05) is 0 Å². The van der Waals surface area contributed by atoms with Gasteiger partial charge < -0.3 is 0 Å². The molecule has 30 heavy (non-hydrogen) atoms. The van der Waals surface area contributed by atoms with Crippen molar-refractivity contribution in [3.8, 4) is 22.4 Å². The lowest BCUT2D eigenvalue weighted by atomic mass is 9.94. The van der Waals surface area contributed by atoms with E-state index in [0.29, 0.717) is 12.3 Å². The maximum absolute atomic E-state index is 14.2. The number of hydrogen-bond donors (Lipinski definition) is 0. The highest BCUT2D eigenvalue weighted by molar-refractivity contribution is 5.75. The minimum Gasteiger partial charge on any atom is -0.256 e. The minimum absolute atomic E-state index is 0.117. The van der Waals surface area contributed by atoms with Gasteiger partial charge in [0, 0.05) is 21.4 Å². The first-order chi connectivity index (χ1) is 15.0. The number of hydrogen-bond acceptors (Lipinski definition) is 1. The van der Waals surface area contributed by atoms with Crippen LogP contribution in [-0.2, 0) is 12.1 Å². The Morgan fingerprint density at radius 3 is 2.00 bits per heavy atom. The van der Waals surface area contributed by atoms with Crippen LogP contribution in [0.4, 0.5) is 35.1 Å². The fourth-order valence-electron chi connectivity index (χ4n) is 2.83. The summed E-state index contributed by atoms with van der Waals surface area (Å²) in [6.45, 7) is -3.34. The van der Waals surface area contributed by atoms with Gasteiger partial charge in [-0.05, 0) is 41.7 Å². The maximum atomic E-state index is 14.2. The van der Waals surface area contributed by atoms with Gasteiger partial charge in [0.1, 0.15) is 0 Å². The van der Waals surface area contributed by atoms with Crippen LogP contribution in [0, 0.1) is 6.85 Å². The summed E-state index contributed by atoms with van der Waals surface area (Å²) in [5.41, 5.74) is -5.22. The van der Waals surface area contributed by atoms with Gasteiger partial charge in [0.25, 0.3) is 0 Å². The molecule has 1 aromatic heterocycles. The number of halogens is 8. The summed E-state index contributed by atoms with van der Waals surface area (Å²) in [4.78, 5) is 3.66. The van der Waals surface area contributed by atoms with Gasteiger partial charge >= 0.3 is 18.3 Å². The van der Waals surface area contributed by atoms with Crippen LogP contribution in [-0.4, -0.2) is 11.2 Å². The molecule has 3 aromatic rings. The van der Waals surface area contributed by atoms with Crippen molar-refractivity contribution in [1.29, 1.82) is 0 Å². The highest BCUT2D eigenvalue weighted by atomic mass is 19.4. The van der Waals surface area contributed by atoms with Gasteiger partial charge in [-0.2, -0.15) is 35.1 Å². The van der Waals surface area contributed by atoms with Gasteiger partial charge in [-0.25, -0.2) is 0 Å². The van der Waals surface area contributed by atoms with E-state index in [4.69, 9.17) is 4.11 Å². The molecule has 0 bridgehead atoms. The molecule has 0 saturated heterocycles. The van der Waals surface area contributed by atoms with Crippen LogP contribution in [0.2, 0.25) is 0 Å². The fourth-order valence-corrected chi connectivity index (χ4v) is 2.83. The van der Waals surface area contributed by atoms with Gasteiger partial charge in [-0.15, -0.1) is 0 Å². The van der Waals surface area contributed by atoms with Gasteiger partial charge in [-0.1, -0.05) is 36.4 Å². The Balaban J connectivity index is 2.27. The molecule has 0 aliphatic heterocycles. The average Bonchev–Trinajstić information content (AvgIpc) is 2.71. The molecule has 0 saturated carbocycles. The predicted octanol–water partition coefficient (Wildman–Crippen LogP) is 7.40. The summed E-state index contributed by atoms with van der Waals surface area (Å²) in [6, 6.07) is 9.92. The van der Waals surface area contributed by atoms with Gasteiger partial charge in [0.15, 0.2) is 0 Å². The molecular formula is C21H13F8N. The van der Waals surface area contributed by atoms with Gasteiger partial charge in [0.05, 0.1) is 11.3 Å². The van der Waals surface area contributed by atoms with Gasteiger partial charge in [0.2, 0.25) is 0 Å². The lowest BCUT2D eigenvalue weighted by molar-refractivity contribution is -0.289. The highest BCUT2D eigenvalue weighted by Crippen LogP contribution is 2.46. The zero-order valence-corrected chi connectivity index (χ0v) is 14.7. The Kier molecular flexibility index (Phi) is 4.39. The first-order valence-electron chi connectivity index (χ1n) is 9.76. The molecule has 0 spiro atoms. The molecule has 2 aromatic carbocycles. The monoisotopic (exact) mass is 434 g/mol. The van der Waals surface area contributed by atoms with Crippen molar-refractivity contribution in [3.05, 3.63) is 77.5 Å². The molecule has 0 aliphatic carbocycles. The normalized spacial score (nSPS) is 14.7. The third-order valence-electron chi connectivity index (χ3n) is 4.30. The molecule has 3 rings (SSSR count). The second-order valence-electron chi connectivity index (χ2n) is 6.31. The van der Waals surface area contributed by atoms with Crippen molar-refractivity contribution in [2.24, 2.45) is 0 Å². The zero-order chi connectivity index (χ0) is 24.8. The third kappa shape index (κ3) is 4.01. The summed E-state index contributed by atoms with van der Waals surface area (Å²) in [6.07, 6.45) is -10.5. The minimum atomic E-state index is -6.11. The van der Waals surface area contributed by atoms with Crippen LogP contribution < -0.4 is 0 Å². The first-order valence-corrected chi connectivity index (χ1v) is 8.26. The van der Waals surface area contributed by atoms with Crippen LogP contribution >= 0.6 is 0 Å². The SMILES string of the molecule is [2H]C([2H])([2H])c1cnc(-c2ccc(C(F)(F)F)c(-c3ccccc3)c2)cc1C(F)(F)C(F)(F)F. The largest absolute Gasteiger partial charge is 0.458 e. The lowest BCUT2D eigenvalue weighted by Gasteiger charge is -2.22. The lowest BCUT2D eigenvalue weighted by Crippen LogP contribution is -2.34. The Labute approximate surface area is 170 Å². The third-order valence-corrected chi connectivity index (χ3v) is 4.30. The number of pyridine rings is 1. The molecule has 1 heterocycles. The second kappa shape index (κ2) is 7.37. The van der Waals surface area contributed by atoms with Crippen molar-refractivity contribution >= 4 is 0 Å². The Morgan fingerprint density at radius 2 is 1.43 bits per heavy atom.